The minimum absolute atomic E-state index is 1.15. The third-order valence-corrected chi connectivity index (χ3v) is 9.94. The summed E-state index contributed by atoms with van der Waals surface area (Å²) in [4.78, 5) is 0. The van der Waals surface area contributed by atoms with E-state index in [-0.39, 0.29) is 0 Å². The lowest BCUT2D eigenvalue weighted by molar-refractivity contribution is 1.85. The predicted octanol–water partition coefficient (Wildman–Crippen LogP) is 8.44. The second-order valence-electron chi connectivity index (χ2n) is 6.55. The third-order valence-electron chi connectivity index (χ3n) is 5.02. The Labute approximate surface area is 178 Å². The first-order chi connectivity index (χ1) is 13.8. The van der Waals surface area contributed by atoms with Crippen LogP contribution in [0.1, 0.15) is 25.0 Å². The second kappa shape index (κ2) is 6.08. The Morgan fingerprint density at radius 1 is 0.536 bits per heavy atom. The normalized spacial score (nSPS) is 11.4. The molecule has 0 N–H and O–H groups in total. The van der Waals surface area contributed by atoms with Crippen LogP contribution in [0.3, 0.4) is 0 Å². The zero-order valence-corrected chi connectivity index (χ0v) is 18.4. The van der Waals surface area contributed by atoms with Crippen molar-refractivity contribution < 1.29 is 0 Å². The Balaban J connectivity index is 1.72. The highest BCUT2D eigenvalue weighted by molar-refractivity contribution is 7.39. The van der Waals surface area contributed by atoms with E-state index in [0.29, 0.717) is 0 Å². The lowest BCUT2D eigenvalue weighted by Gasteiger charge is -1.95. The monoisotopic (exact) mass is 428 g/mol. The lowest BCUT2D eigenvalue weighted by atomic mass is 10.1. The number of thiophene rings is 4. The first kappa shape index (κ1) is 16.6. The van der Waals surface area contributed by atoms with Crippen LogP contribution in [-0.4, -0.2) is 0 Å². The average Bonchev–Trinajstić information content (AvgIpc) is 3.44. The summed E-state index contributed by atoms with van der Waals surface area (Å²) in [6, 6.07) is 9.08. The molecule has 0 aliphatic heterocycles. The van der Waals surface area contributed by atoms with E-state index >= 15 is 0 Å². The summed E-state index contributed by atoms with van der Waals surface area (Å²) in [6.45, 7) is 3.80. The molecule has 0 saturated heterocycles. The summed E-state index contributed by atoms with van der Waals surface area (Å²) in [6.07, 6.45) is 0. The van der Waals surface area contributed by atoms with Gasteiger partial charge < -0.3 is 0 Å². The number of hydrogen-bond acceptors (Lipinski definition) is 4. The summed E-state index contributed by atoms with van der Waals surface area (Å²) < 4.78 is 8.37. The molecule has 6 aromatic rings. The Kier molecular flexibility index (Phi) is 3.60. The van der Waals surface area contributed by atoms with Crippen molar-refractivity contribution in [3.05, 3.63) is 46.2 Å². The molecule has 28 heavy (non-hydrogen) atoms. The van der Waals surface area contributed by atoms with E-state index in [9.17, 15) is 0 Å². The molecule has 4 heterocycles. The number of hydrogen-bond donors (Lipinski definition) is 0. The summed E-state index contributed by atoms with van der Waals surface area (Å²) >= 11 is 7.50. The maximum atomic E-state index is 3.24. The topological polar surface area (TPSA) is 0 Å². The van der Waals surface area contributed by atoms with E-state index < -0.39 is 0 Å². The molecule has 0 bridgehead atoms. The van der Waals surface area contributed by atoms with Crippen molar-refractivity contribution >= 4 is 95.1 Å². The molecule has 2 aromatic carbocycles. The minimum atomic E-state index is 1.15. The molecule has 132 valence electrons. The van der Waals surface area contributed by atoms with Crippen molar-refractivity contribution in [1.29, 1.82) is 0 Å². The molecule has 0 spiro atoms. The van der Waals surface area contributed by atoms with Gasteiger partial charge in [-0.25, -0.2) is 0 Å². The molecule has 0 amide bonds. The van der Waals surface area contributed by atoms with Crippen LogP contribution in [0, 0.1) is 23.7 Å². The average molecular weight is 429 g/mol. The molecule has 0 aliphatic carbocycles. The van der Waals surface area contributed by atoms with Crippen LogP contribution in [0.4, 0.5) is 0 Å². The van der Waals surface area contributed by atoms with Crippen LogP contribution in [-0.2, 0) is 0 Å². The van der Waals surface area contributed by atoms with Gasteiger partial charge in [0.05, 0.1) is 28.2 Å². The number of rotatable bonds is 0. The molecule has 4 heteroatoms. The molecular formula is C24H12S4. The van der Waals surface area contributed by atoms with Crippen molar-refractivity contribution in [3.63, 3.8) is 0 Å². The van der Waals surface area contributed by atoms with E-state index in [4.69, 9.17) is 0 Å². The van der Waals surface area contributed by atoms with Crippen molar-refractivity contribution in [2.75, 3.05) is 0 Å². The van der Waals surface area contributed by atoms with Gasteiger partial charge in [0.15, 0.2) is 0 Å². The second-order valence-corrected chi connectivity index (χ2v) is 10.3. The van der Waals surface area contributed by atoms with Gasteiger partial charge in [-0.3, -0.25) is 0 Å². The van der Waals surface area contributed by atoms with E-state index in [0.717, 1.165) is 11.1 Å². The molecular weight excluding hydrogens is 417 g/mol. The minimum Gasteiger partial charge on any atom is -0.141 e. The Hall–Kier alpha value is -2.34. The standard InChI is InChI=1S/C24H12S4/c1-3-5-13-11-25-19-15(13)7-9-17-21(19)27-24-18-10-8-16-14(6-4-2)12-26-20(16)22(18)28-23(17)24/h7-12H,1-2H3. The van der Waals surface area contributed by atoms with Gasteiger partial charge in [0, 0.05) is 43.4 Å². The molecule has 4 aromatic heterocycles. The van der Waals surface area contributed by atoms with Crippen molar-refractivity contribution in [2.45, 2.75) is 13.8 Å². The van der Waals surface area contributed by atoms with E-state index in [2.05, 4.69) is 58.7 Å². The van der Waals surface area contributed by atoms with Gasteiger partial charge in [-0.2, -0.15) is 0 Å². The highest BCUT2D eigenvalue weighted by atomic mass is 32.1. The molecule has 0 fully saturated rings. The van der Waals surface area contributed by atoms with Crippen LogP contribution in [0.5, 0.6) is 0 Å². The van der Waals surface area contributed by atoms with Gasteiger partial charge in [0.2, 0.25) is 0 Å². The molecule has 0 unspecified atom stereocenters. The lowest BCUT2D eigenvalue weighted by Crippen LogP contribution is -1.70. The first-order valence-electron chi connectivity index (χ1n) is 8.84. The summed E-state index contributed by atoms with van der Waals surface area (Å²) in [5.74, 6) is 12.6. The van der Waals surface area contributed by atoms with Gasteiger partial charge in [-0.1, -0.05) is 36.1 Å². The highest BCUT2D eigenvalue weighted by Crippen LogP contribution is 2.50. The molecule has 0 nitrogen and oxygen atoms in total. The van der Waals surface area contributed by atoms with Crippen LogP contribution in [0.2, 0.25) is 0 Å². The van der Waals surface area contributed by atoms with Gasteiger partial charge in [-0.05, 0) is 13.8 Å². The fourth-order valence-corrected chi connectivity index (χ4v) is 8.96. The maximum Gasteiger partial charge on any atom is 0.0543 e. The fraction of sp³-hybridized carbons (Fsp3) is 0.0833. The first-order valence-corrected chi connectivity index (χ1v) is 12.2. The molecule has 6 rings (SSSR count). The smallest absolute Gasteiger partial charge is 0.0543 e. The largest absolute Gasteiger partial charge is 0.141 e. The predicted molar refractivity (Wildman–Crippen MR) is 131 cm³/mol. The van der Waals surface area contributed by atoms with Gasteiger partial charge in [0.25, 0.3) is 0 Å². The Morgan fingerprint density at radius 2 is 0.929 bits per heavy atom. The van der Waals surface area contributed by atoms with Crippen molar-refractivity contribution in [3.8, 4) is 23.7 Å². The van der Waals surface area contributed by atoms with E-state index in [1.165, 1.54) is 49.7 Å². The van der Waals surface area contributed by atoms with Crippen LogP contribution < -0.4 is 0 Å². The van der Waals surface area contributed by atoms with Crippen LogP contribution in [0.25, 0.3) is 49.7 Å². The molecule has 0 atom stereocenters. The SMILES string of the molecule is CC#Cc1csc2c1ccc1c2sc2c3ccc4c(C#CC)csc4c3sc12. The number of benzene rings is 2. The highest BCUT2D eigenvalue weighted by Gasteiger charge is 2.18. The molecule has 0 saturated carbocycles. The number of fused-ring (bicyclic) bond motifs is 9. The Morgan fingerprint density at radius 3 is 1.36 bits per heavy atom. The summed E-state index contributed by atoms with van der Waals surface area (Å²) in [7, 11) is 0. The fourth-order valence-electron chi connectivity index (χ4n) is 3.82. The van der Waals surface area contributed by atoms with E-state index in [1.807, 2.05) is 59.2 Å². The summed E-state index contributed by atoms with van der Waals surface area (Å²) in [5.41, 5.74) is 2.30. The van der Waals surface area contributed by atoms with Crippen molar-refractivity contribution in [2.24, 2.45) is 0 Å². The van der Waals surface area contributed by atoms with Crippen LogP contribution >= 0.6 is 45.3 Å². The van der Waals surface area contributed by atoms with Gasteiger partial charge in [-0.15, -0.1) is 57.2 Å². The zero-order chi connectivity index (χ0) is 18.8. The van der Waals surface area contributed by atoms with Gasteiger partial charge in [0.1, 0.15) is 0 Å². The van der Waals surface area contributed by atoms with Gasteiger partial charge >= 0.3 is 0 Å². The summed E-state index contributed by atoms with van der Waals surface area (Å²) in [5, 5.41) is 9.72. The third kappa shape index (κ3) is 2.12. The van der Waals surface area contributed by atoms with E-state index in [1.54, 1.807) is 0 Å². The molecule has 0 radical (unpaired) electrons. The van der Waals surface area contributed by atoms with Crippen molar-refractivity contribution in [1.82, 2.24) is 0 Å². The quantitative estimate of drug-likeness (QED) is 0.213. The van der Waals surface area contributed by atoms with Crippen LogP contribution in [0.15, 0.2) is 35.0 Å². The molecule has 0 aliphatic rings. The zero-order valence-electron chi connectivity index (χ0n) is 15.1. The Bertz CT molecular complexity index is 1560. The maximum absolute atomic E-state index is 3.24.